The van der Waals surface area contributed by atoms with Crippen molar-refractivity contribution >= 4 is 0 Å². The molecule has 1 heteroatoms. The van der Waals surface area contributed by atoms with E-state index in [4.69, 9.17) is 0 Å². The predicted octanol–water partition coefficient (Wildman–Crippen LogP) is 2.58. The molecule has 1 saturated carbocycles. The topological polar surface area (TPSA) is 23.8 Å². The third-order valence-corrected chi connectivity index (χ3v) is 4.20. The molecule has 1 nitrogen and oxygen atoms in total. The Labute approximate surface area is 82.7 Å². The number of hydrogen-bond acceptors (Lipinski definition) is 1. The summed E-state index contributed by atoms with van der Waals surface area (Å²) in [5.74, 6) is 1.42. The van der Waals surface area contributed by atoms with Crippen LogP contribution in [0.5, 0.6) is 0 Å². The summed E-state index contributed by atoms with van der Waals surface area (Å²) in [6.45, 7) is 0. The Morgan fingerprint density at radius 3 is 2.71 bits per heavy atom. The smallest absolute Gasteiger partial charge is 0.0820 e. The van der Waals surface area contributed by atoms with Crippen molar-refractivity contribution in [1.82, 2.24) is 0 Å². The van der Waals surface area contributed by atoms with Crippen LogP contribution in [0.15, 0.2) is 36.4 Å². The number of fused-ring (bicyclic) bond motifs is 4. The van der Waals surface area contributed by atoms with Crippen LogP contribution in [0.4, 0.5) is 0 Å². The second-order valence-corrected chi connectivity index (χ2v) is 4.54. The van der Waals surface area contributed by atoms with E-state index in [-0.39, 0.29) is 5.41 Å². The summed E-state index contributed by atoms with van der Waals surface area (Å²) in [5, 5.41) is 9.33. The molecule has 0 N–H and O–H groups in total. The van der Waals surface area contributed by atoms with Crippen LogP contribution in [0, 0.1) is 22.7 Å². The van der Waals surface area contributed by atoms with E-state index in [2.05, 4.69) is 42.5 Å². The number of nitriles is 1. The Balaban J connectivity index is 2.05. The van der Waals surface area contributed by atoms with Crippen molar-refractivity contribution in [2.24, 2.45) is 11.3 Å². The first kappa shape index (κ1) is 6.84. The van der Waals surface area contributed by atoms with Crippen LogP contribution >= 0.6 is 0 Å². The maximum absolute atomic E-state index is 9.33. The number of nitrogens with zero attached hydrogens (tertiary/aromatic N) is 1. The van der Waals surface area contributed by atoms with Gasteiger partial charge < -0.3 is 0 Å². The maximum Gasteiger partial charge on any atom is 0.0820 e. The van der Waals surface area contributed by atoms with Crippen LogP contribution in [-0.4, -0.2) is 0 Å². The molecule has 0 saturated heterocycles. The molecule has 0 heterocycles. The van der Waals surface area contributed by atoms with Gasteiger partial charge >= 0.3 is 0 Å². The van der Waals surface area contributed by atoms with Gasteiger partial charge in [-0.05, 0) is 11.1 Å². The van der Waals surface area contributed by atoms with Crippen molar-refractivity contribution in [3.05, 3.63) is 47.5 Å². The molecule has 4 atom stereocenters. The van der Waals surface area contributed by atoms with Crippen LogP contribution in [0.1, 0.15) is 23.0 Å². The van der Waals surface area contributed by atoms with Gasteiger partial charge in [0.05, 0.1) is 11.5 Å². The standard InChI is InChI=1S/C13H9N/c14-7-13-10-5-6-11(13)12(13)9-4-2-1-3-8(9)10/h1-6,10-12H/t10-,11+,12+,13+/m1/s1. The minimum absolute atomic E-state index is 0.0658. The minimum Gasteiger partial charge on any atom is -0.198 e. The average molecular weight is 179 g/mol. The molecule has 66 valence electrons. The molecule has 3 aliphatic rings. The zero-order chi connectivity index (χ0) is 9.34. The summed E-state index contributed by atoms with van der Waals surface area (Å²) in [4.78, 5) is 0. The highest BCUT2D eigenvalue weighted by Gasteiger charge is 2.74. The van der Waals surface area contributed by atoms with E-state index < -0.39 is 0 Å². The molecular weight excluding hydrogens is 170 g/mol. The zero-order valence-electron chi connectivity index (χ0n) is 7.64. The van der Waals surface area contributed by atoms with E-state index in [1.807, 2.05) is 0 Å². The van der Waals surface area contributed by atoms with E-state index in [1.54, 1.807) is 0 Å². The summed E-state index contributed by atoms with van der Waals surface area (Å²) in [6.07, 6.45) is 4.48. The lowest BCUT2D eigenvalue weighted by molar-refractivity contribution is 0.600. The van der Waals surface area contributed by atoms with Gasteiger partial charge in [-0.15, -0.1) is 0 Å². The lowest BCUT2D eigenvalue weighted by Gasteiger charge is -2.11. The number of rotatable bonds is 0. The lowest BCUT2D eigenvalue weighted by atomic mass is 9.90. The average Bonchev–Trinajstić information content (AvgIpc) is 2.67. The SMILES string of the molecule is N#C[C@]12[C@@H]3C=C[C@H]1[C@@H]2c1ccccc13. The van der Waals surface area contributed by atoms with Crippen LogP contribution in [0.2, 0.25) is 0 Å². The minimum atomic E-state index is -0.0658. The first-order chi connectivity index (χ1) is 6.89. The Bertz CT molecular complexity index is 508. The van der Waals surface area contributed by atoms with E-state index >= 15 is 0 Å². The third kappa shape index (κ3) is 0.452. The van der Waals surface area contributed by atoms with Gasteiger partial charge in [-0.3, -0.25) is 0 Å². The fourth-order valence-electron chi connectivity index (χ4n) is 3.60. The Kier molecular flexibility index (Phi) is 0.873. The van der Waals surface area contributed by atoms with E-state index in [0.29, 0.717) is 17.8 Å². The van der Waals surface area contributed by atoms with Gasteiger partial charge in [0, 0.05) is 17.8 Å². The van der Waals surface area contributed by atoms with Gasteiger partial charge in [0.25, 0.3) is 0 Å². The van der Waals surface area contributed by atoms with Crippen molar-refractivity contribution < 1.29 is 0 Å². The zero-order valence-corrected chi connectivity index (χ0v) is 7.64. The van der Waals surface area contributed by atoms with Gasteiger partial charge in [-0.25, -0.2) is 0 Å². The monoisotopic (exact) mass is 179 g/mol. The summed E-state index contributed by atoms with van der Waals surface area (Å²) >= 11 is 0. The van der Waals surface area contributed by atoms with Gasteiger partial charge in [-0.2, -0.15) is 5.26 Å². The maximum atomic E-state index is 9.33. The Morgan fingerprint density at radius 2 is 1.93 bits per heavy atom. The molecule has 1 aromatic rings. The summed E-state index contributed by atoms with van der Waals surface area (Å²) in [7, 11) is 0. The van der Waals surface area contributed by atoms with Crippen molar-refractivity contribution in [2.45, 2.75) is 11.8 Å². The molecule has 0 radical (unpaired) electrons. The second-order valence-electron chi connectivity index (χ2n) is 4.54. The molecule has 4 rings (SSSR count). The normalized spacial score (nSPS) is 44.4. The molecule has 0 bridgehead atoms. The van der Waals surface area contributed by atoms with Crippen molar-refractivity contribution in [2.75, 3.05) is 0 Å². The van der Waals surface area contributed by atoms with E-state index in [9.17, 15) is 5.26 Å². The van der Waals surface area contributed by atoms with Crippen molar-refractivity contribution in [3.8, 4) is 6.07 Å². The van der Waals surface area contributed by atoms with E-state index in [1.165, 1.54) is 11.1 Å². The molecule has 0 unspecified atom stereocenters. The highest BCUT2D eigenvalue weighted by molar-refractivity contribution is 5.61. The molecule has 1 fully saturated rings. The lowest BCUT2D eigenvalue weighted by Crippen LogP contribution is -2.05. The molecule has 0 amide bonds. The highest BCUT2D eigenvalue weighted by atomic mass is 14.8. The number of allylic oxidation sites excluding steroid dienone is 2. The summed E-state index contributed by atoms with van der Waals surface area (Å²) in [6, 6.07) is 11.1. The fourth-order valence-corrected chi connectivity index (χ4v) is 3.60. The fraction of sp³-hybridized carbons (Fsp3) is 0.308. The summed E-state index contributed by atoms with van der Waals surface area (Å²) < 4.78 is 0. The predicted molar refractivity (Wildman–Crippen MR) is 52.6 cm³/mol. The first-order valence-corrected chi connectivity index (χ1v) is 5.08. The Morgan fingerprint density at radius 1 is 1.14 bits per heavy atom. The van der Waals surface area contributed by atoms with Crippen molar-refractivity contribution in [1.29, 1.82) is 5.26 Å². The number of hydrogen-bond donors (Lipinski definition) is 0. The van der Waals surface area contributed by atoms with Crippen molar-refractivity contribution in [3.63, 3.8) is 0 Å². The molecule has 1 aromatic carbocycles. The second kappa shape index (κ2) is 1.79. The van der Waals surface area contributed by atoms with Crippen LogP contribution in [0.3, 0.4) is 0 Å². The molecule has 3 aliphatic carbocycles. The van der Waals surface area contributed by atoms with E-state index in [0.717, 1.165) is 0 Å². The van der Waals surface area contributed by atoms with Gasteiger partial charge in [0.1, 0.15) is 0 Å². The molecule has 0 spiro atoms. The van der Waals surface area contributed by atoms with Gasteiger partial charge in [0.2, 0.25) is 0 Å². The third-order valence-electron chi connectivity index (χ3n) is 4.20. The largest absolute Gasteiger partial charge is 0.198 e. The molecular formula is C13H9N. The summed E-state index contributed by atoms with van der Waals surface area (Å²) in [5.41, 5.74) is 2.75. The molecule has 0 aliphatic heterocycles. The molecule has 0 aromatic heterocycles. The highest BCUT2D eigenvalue weighted by Crippen LogP contribution is 2.79. The first-order valence-electron chi connectivity index (χ1n) is 5.08. The molecule has 14 heavy (non-hydrogen) atoms. The Hall–Kier alpha value is -1.55. The number of benzene rings is 1. The quantitative estimate of drug-likeness (QED) is 0.561. The van der Waals surface area contributed by atoms with Crippen LogP contribution in [0.25, 0.3) is 0 Å². The van der Waals surface area contributed by atoms with Crippen LogP contribution < -0.4 is 0 Å². The van der Waals surface area contributed by atoms with Crippen LogP contribution in [-0.2, 0) is 0 Å². The van der Waals surface area contributed by atoms with Gasteiger partial charge in [0.15, 0.2) is 0 Å². The van der Waals surface area contributed by atoms with Gasteiger partial charge in [-0.1, -0.05) is 36.4 Å².